The van der Waals surface area contributed by atoms with Crippen molar-refractivity contribution in [1.82, 2.24) is 10.3 Å². The molecule has 3 rings (SSSR count). The van der Waals surface area contributed by atoms with Gasteiger partial charge in [0.25, 0.3) is 10.0 Å². The van der Waals surface area contributed by atoms with E-state index in [1.165, 1.54) is 43.8 Å². The molecule has 3 aromatic rings. The first-order chi connectivity index (χ1) is 14.4. The maximum Gasteiger partial charge on any atom is 0.266 e. The predicted molar refractivity (Wildman–Crippen MR) is 110 cm³/mol. The van der Waals surface area contributed by atoms with Crippen LogP contribution in [0.4, 0.5) is 10.1 Å². The van der Waals surface area contributed by atoms with Gasteiger partial charge in [-0.1, -0.05) is 12.1 Å². The van der Waals surface area contributed by atoms with E-state index in [1.54, 1.807) is 36.4 Å². The van der Waals surface area contributed by atoms with Crippen molar-refractivity contribution in [2.24, 2.45) is 0 Å². The Kier molecular flexibility index (Phi) is 6.63. The summed E-state index contributed by atoms with van der Waals surface area (Å²) in [6.45, 7) is -0.298. The lowest BCUT2D eigenvalue weighted by atomic mass is 10.2. The van der Waals surface area contributed by atoms with E-state index in [1.807, 2.05) is 0 Å². The Bertz CT molecular complexity index is 1090. The second-order valence-electron chi connectivity index (χ2n) is 6.30. The Morgan fingerprint density at radius 1 is 1.10 bits per heavy atom. The summed E-state index contributed by atoms with van der Waals surface area (Å²) in [5.41, 5.74) is 0.993. The largest absolute Gasteiger partial charge is 0.497 e. The molecule has 1 amide bonds. The van der Waals surface area contributed by atoms with Crippen molar-refractivity contribution in [3.8, 4) is 5.75 Å². The van der Waals surface area contributed by atoms with Gasteiger partial charge in [-0.25, -0.2) is 12.8 Å². The fourth-order valence-corrected chi connectivity index (χ4v) is 4.07. The van der Waals surface area contributed by atoms with Crippen LogP contribution < -0.4 is 14.4 Å². The first-order valence-electron chi connectivity index (χ1n) is 8.98. The van der Waals surface area contributed by atoms with E-state index >= 15 is 0 Å². The van der Waals surface area contributed by atoms with Crippen molar-refractivity contribution in [2.45, 2.75) is 11.4 Å². The van der Waals surface area contributed by atoms with Crippen molar-refractivity contribution in [2.75, 3.05) is 18.0 Å². The van der Waals surface area contributed by atoms with Crippen LogP contribution in [0.3, 0.4) is 0 Å². The number of hydrogen-bond acceptors (Lipinski definition) is 5. The first kappa shape index (κ1) is 21.3. The molecule has 0 saturated carbocycles. The van der Waals surface area contributed by atoms with Crippen LogP contribution in [0.15, 0.2) is 78.0 Å². The van der Waals surface area contributed by atoms with Gasteiger partial charge in [0.05, 0.1) is 12.8 Å². The number of amides is 1. The highest BCUT2D eigenvalue weighted by molar-refractivity contribution is 7.92. The zero-order chi connectivity index (χ0) is 21.6. The second-order valence-corrected chi connectivity index (χ2v) is 8.16. The number of benzene rings is 2. The minimum absolute atomic E-state index is 0.0350. The van der Waals surface area contributed by atoms with Crippen molar-refractivity contribution >= 4 is 21.6 Å². The molecule has 1 N–H and O–H groups in total. The SMILES string of the molecule is COc1ccc(N(CC(=O)NCc2ccc(F)cc2)S(=O)(=O)c2cccnc2)cc1. The number of nitrogens with one attached hydrogen (secondary N) is 1. The number of carbonyl (C=O) groups is 1. The summed E-state index contributed by atoms with van der Waals surface area (Å²) in [5, 5.41) is 2.66. The number of halogens is 1. The predicted octanol–water partition coefficient (Wildman–Crippen LogP) is 2.74. The van der Waals surface area contributed by atoms with Crippen LogP contribution in [0.5, 0.6) is 5.75 Å². The first-order valence-corrected chi connectivity index (χ1v) is 10.4. The van der Waals surface area contributed by atoms with Crippen LogP contribution in [0.1, 0.15) is 5.56 Å². The Morgan fingerprint density at radius 2 is 1.80 bits per heavy atom. The summed E-state index contributed by atoms with van der Waals surface area (Å²) in [6, 6.07) is 14.9. The maximum atomic E-state index is 13.2. The molecule has 0 spiro atoms. The van der Waals surface area contributed by atoms with Crippen LogP contribution in [0, 0.1) is 5.82 Å². The van der Waals surface area contributed by atoms with Crippen LogP contribution in [0.2, 0.25) is 0 Å². The monoisotopic (exact) mass is 429 g/mol. The molecule has 0 fully saturated rings. The van der Waals surface area contributed by atoms with Crippen molar-refractivity contribution in [3.63, 3.8) is 0 Å². The normalized spacial score (nSPS) is 11.0. The molecule has 0 bridgehead atoms. The molecule has 0 aliphatic heterocycles. The van der Waals surface area contributed by atoms with Gasteiger partial charge in [-0.15, -0.1) is 0 Å². The van der Waals surface area contributed by atoms with Crippen molar-refractivity contribution in [1.29, 1.82) is 0 Å². The van der Waals surface area contributed by atoms with E-state index in [0.29, 0.717) is 17.0 Å². The van der Waals surface area contributed by atoms with Gasteiger partial charge in [-0.2, -0.15) is 0 Å². The van der Waals surface area contributed by atoms with E-state index in [-0.39, 0.29) is 17.3 Å². The summed E-state index contributed by atoms with van der Waals surface area (Å²) in [7, 11) is -2.54. The number of hydrogen-bond donors (Lipinski definition) is 1. The van der Waals surface area contributed by atoms with Gasteiger partial charge in [0.15, 0.2) is 0 Å². The minimum atomic E-state index is -4.04. The fraction of sp³-hybridized carbons (Fsp3) is 0.143. The number of carbonyl (C=O) groups excluding carboxylic acids is 1. The molecule has 0 aliphatic rings. The summed E-state index contributed by atoms with van der Waals surface area (Å²) >= 11 is 0. The molecule has 30 heavy (non-hydrogen) atoms. The number of rotatable bonds is 8. The second kappa shape index (κ2) is 9.36. The van der Waals surface area contributed by atoms with Gasteiger partial charge < -0.3 is 10.1 Å². The number of sulfonamides is 1. The van der Waals surface area contributed by atoms with Gasteiger partial charge in [-0.3, -0.25) is 14.1 Å². The van der Waals surface area contributed by atoms with Gasteiger partial charge in [0.1, 0.15) is 23.0 Å². The Balaban J connectivity index is 1.83. The summed E-state index contributed by atoms with van der Waals surface area (Å²) in [5.74, 6) is -0.334. The Morgan fingerprint density at radius 3 is 2.40 bits per heavy atom. The molecular weight excluding hydrogens is 409 g/mol. The standard InChI is InChI=1S/C21H20FN3O4S/c1-29-19-10-8-18(9-11-19)25(30(27,28)20-3-2-12-23-14-20)15-21(26)24-13-16-4-6-17(22)7-5-16/h2-12,14H,13,15H2,1H3,(H,24,26). The molecule has 1 aromatic heterocycles. The number of aromatic nitrogens is 1. The quantitative estimate of drug-likeness (QED) is 0.595. The number of ether oxygens (including phenoxy) is 1. The van der Waals surface area contributed by atoms with E-state index in [0.717, 1.165) is 4.31 Å². The third-order valence-corrected chi connectivity index (χ3v) is 6.03. The van der Waals surface area contributed by atoms with Gasteiger partial charge >= 0.3 is 0 Å². The average molecular weight is 429 g/mol. The zero-order valence-corrected chi connectivity index (χ0v) is 17.0. The minimum Gasteiger partial charge on any atom is -0.497 e. The average Bonchev–Trinajstić information content (AvgIpc) is 2.77. The number of anilines is 1. The van der Waals surface area contributed by atoms with Gasteiger partial charge in [0.2, 0.25) is 5.91 Å². The Hall–Kier alpha value is -3.46. The van der Waals surface area contributed by atoms with E-state index in [9.17, 15) is 17.6 Å². The van der Waals surface area contributed by atoms with Crippen LogP contribution in [-0.2, 0) is 21.4 Å². The lowest BCUT2D eigenvalue weighted by molar-refractivity contribution is -0.119. The van der Waals surface area contributed by atoms with Crippen molar-refractivity contribution < 1.29 is 22.3 Å². The van der Waals surface area contributed by atoms with E-state index in [4.69, 9.17) is 4.74 Å². The Labute approximate surface area is 174 Å². The zero-order valence-electron chi connectivity index (χ0n) is 16.2. The topological polar surface area (TPSA) is 88.6 Å². The molecule has 2 aromatic carbocycles. The lowest BCUT2D eigenvalue weighted by Gasteiger charge is -2.24. The van der Waals surface area contributed by atoms with E-state index in [2.05, 4.69) is 10.3 Å². The smallest absolute Gasteiger partial charge is 0.266 e. The number of nitrogens with zero attached hydrogens (tertiary/aromatic N) is 2. The van der Waals surface area contributed by atoms with Crippen LogP contribution in [-0.4, -0.2) is 33.0 Å². The molecule has 0 unspecified atom stereocenters. The fourth-order valence-electron chi connectivity index (χ4n) is 2.68. The number of pyridine rings is 1. The number of methoxy groups -OCH3 is 1. The summed E-state index contributed by atoms with van der Waals surface area (Å²) in [6.07, 6.45) is 2.69. The lowest BCUT2D eigenvalue weighted by Crippen LogP contribution is -2.40. The highest BCUT2D eigenvalue weighted by atomic mass is 32.2. The van der Waals surface area contributed by atoms with Crippen LogP contribution in [0.25, 0.3) is 0 Å². The van der Waals surface area contributed by atoms with E-state index < -0.39 is 22.5 Å². The molecule has 0 radical (unpaired) electrons. The molecule has 1 heterocycles. The molecule has 9 heteroatoms. The highest BCUT2D eigenvalue weighted by Crippen LogP contribution is 2.25. The maximum absolute atomic E-state index is 13.2. The highest BCUT2D eigenvalue weighted by Gasteiger charge is 2.27. The van der Waals surface area contributed by atoms with Gasteiger partial charge in [0, 0.05) is 18.9 Å². The third kappa shape index (κ3) is 5.12. The molecule has 7 nitrogen and oxygen atoms in total. The van der Waals surface area contributed by atoms with Crippen LogP contribution >= 0.6 is 0 Å². The molecule has 0 atom stereocenters. The molecule has 156 valence electrons. The third-order valence-electron chi connectivity index (χ3n) is 4.27. The molecular formula is C21H20FN3O4S. The summed E-state index contributed by atoms with van der Waals surface area (Å²) < 4.78 is 45.5. The summed E-state index contributed by atoms with van der Waals surface area (Å²) in [4.78, 5) is 16.4. The molecule has 0 saturated heterocycles. The van der Waals surface area contributed by atoms with Crippen molar-refractivity contribution in [3.05, 3.63) is 84.4 Å². The van der Waals surface area contributed by atoms with Gasteiger partial charge in [-0.05, 0) is 54.1 Å². The molecule has 0 aliphatic carbocycles.